The quantitative estimate of drug-likeness (QED) is 0.0222. The van der Waals surface area contributed by atoms with Gasteiger partial charge in [-0.15, -0.1) is 0 Å². The van der Waals surface area contributed by atoms with Crippen LogP contribution < -0.4 is 28.4 Å². The first kappa shape index (κ1) is 45.4. The molecule has 0 radical (unpaired) electrons. The van der Waals surface area contributed by atoms with Crippen molar-refractivity contribution in [1.82, 2.24) is 0 Å². The number of hydrogen-bond donors (Lipinski definition) is 0. The summed E-state index contributed by atoms with van der Waals surface area (Å²) >= 11 is 0. The van der Waals surface area contributed by atoms with Crippen molar-refractivity contribution in [3.8, 4) is 34.5 Å². The molecule has 61 heavy (non-hydrogen) atoms. The normalized spacial score (nSPS) is 11.4. The first-order valence-corrected chi connectivity index (χ1v) is 23.4. The van der Waals surface area contributed by atoms with Crippen LogP contribution in [0.4, 0.5) is 0 Å². The van der Waals surface area contributed by atoms with Gasteiger partial charge < -0.3 is 28.4 Å². The van der Waals surface area contributed by atoms with Gasteiger partial charge in [-0.25, -0.2) is 4.79 Å². The van der Waals surface area contributed by atoms with Crippen molar-refractivity contribution < 1.29 is 33.2 Å². The van der Waals surface area contributed by atoms with Gasteiger partial charge in [-0.3, -0.25) is 0 Å². The molecular weight excluding hydrogens is 761 g/mol. The fourth-order valence-corrected chi connectivity index (χ4v) is 7.95. The fraction of sp³-hybridized carbons (Fsp3) is 0.463. The zero-order valence-corrected chi connectivity index (χ0v) is 37.5. The Labute approximate surface area is 364 Å². The molecule has 0 bridgehead atoms. The van der Waals surface area contributed by atoms with E-state index in [0.29, 0.717) is 55.8 Å². The molecule has 0 aliphatic rings. The van der Waals surface area contributed by atoms with Crippen LogP contribution in [0.2, 0.25) is 0 Å². The number of ether oxygens (including phenoxy) is 6. The molecule has 0 unspecified atom stereocenters. The van der Waals surface area contributed by atoms with Crippen LogP contribution in [0, 0.1) is 0 Å². The minimum Gasteiger partial charge on any atom is -0.490 e. The monoisotopic (exact) mass is 828 g/mol. The molecule has 6 aromatic carbocycles. The molecule has 0 aromatic heterocycles. The van der Waals surface area contributed by atoms with Gasteiger partial charge in [-0.2, -0.15) is 0 Å². The summed E-state index contributed by atoms with van der Waals surface area (Å²) in [4.78, 5) is 14.3. The highest BCUT2D eigenvalue weighted by Crippen LogP contribution is 2.49. The van der Waals surface area contributed by atoms with Crippen LogP contribution in [0.15, 0.2) is 78.9 Å². The zero-order valence-electron chi connectivity index (χ0n) is 37.5. The van der Waals surface area contributed by atoms with E-state index in [2.05, 4.69) is 58.9 Å². The number of carbonyl (C=O) groups excluding carboxylic acids is 1. The summed E-state index contributed by atoms with van der Waals surface area (Å²) in [7, 11) is 0. The number of unbranched alkanes of at least 4 members (excludes halogenated alkanes) is 10. The van der Waals surface area contributed by atoms with Crippen LogP contribution >= 0.6 is 0 Å². The highest BCUT2D eigenvalue weighted by atomic mass is 16.6. The van der Waals surface area contributed by atoms with Crippen LogP contribution in [0.25, 0.3) is 43.1 Å². The molecule has 0 N–H and O–H groups in total. The molecule has 0 saturated heterocycles. The zero-order chi connectivity index (χ0) is 42.8. The molecule has 326 valence electrons. The van der Waals surface area contributed by atoms with E-state index in [1.807, 2.05) is 54.6 Å². The van der Waals surface area contributed by atoms with Crippen molar-refractivity contribution >= 4 is 49.1 Å². The van der Waals surface area contributed by atoms with Crippen molar-refractivity contribution in [2.45, 2.75) is 131 Å². The summed E-state index contributed by atoms with van der Waals surface area (Å²) in [6.07, 6.45) is 15.6. The Balaban J connectivity index is 1.62. The van der Waals surface area contributed by atoms with Crippen molar-refractivity contribution in [1.29, 1.82) is 0 Å². The van der Waals surface area contributed by atoms with Crippen molar-refractivity contribution in [2.24, 2.45) is 0 Å². The molecule has 0 heterocycles. The molecule has 0 amide bonds. The molecule has 0 saturated carbocycles. The van der Waals surface area contributed by atoms with Gasteiger partial charge in [-0.05, 0) is 112 Å². The smallest absolute Gasteiger partial charge is 0.344 e. The highest BCUT2D eigenvalue weighted by Gasteiger charge is 2.24. The average Bonchev–Trinajstić information content (AvgIpc) is 3.28. The lowest BCUT2D eigenvalue weighted by Crippen LogP contribution is -2.11. The Morgan fingerprint density at radius 3 is 1.41 bits per heavy atom. The third-order valence-corrected chi connectivity index (χ3v) is 11.4. The number of carbonyl (C=O) groups is 1. The standard InChI is InChI=1S/C54H68O7/c1-6-11-18-30-56-47-29-28-41-43-35-48(57-31-19-12-7-2)49(58-32-20-13-8-3)36-44(43)45-37-51(61-54(55)42-27-23-25-39-24-16-17-26-40(39)42)50(59-33-21-14-9-4)38-46(45)52(41)53(47)60-34-22-15-10-5/h16-17,23-29,35-38H,6-15,18-22,30-34H2,1-5H3. The predicted molar refractivity (Wildman–Crippen MR) is 253 cm³/mol. The Hall–Kier alpha value is -5.17. The van der Waals surface area contributed by atoms with Gasteiger partial charge in [-0.1, -0.05) is 135 Å². The number of fused-ring (bicyclic) bond motifs is 7. The highest BCUT2D eigenvalue weighted by molar-refractivity contribution is 6.28. The third kappa shape index (κ3) is 11.6. The Morgan fingerprint density at radius 1 is 0.393 bits per heavy atom. The van der Waals surface area contributed by atoms with E-state index >= 15 is 0 Å². The topological polar surface area (TPSA) is 72.5 Å². The number of hydrogen-bond acceptors (Lipinski definition) is 7. The second-order valence-corrected chi connectivity index (χ2v) is 16.2. The molecule has 0 aliphatic carbocycles. The number of benzene rings is 6. The van der Waals surface area contributed by atoms with E-state index in [-0.39, 0.29) is 0 Å². The van der Waals surface area contributed by atoms with E-state index in [0.717, 1.165) is 157 Å². The maximum Gasteiger partial charge on any atom is 0.344 e. The predicted octanol–water partition coefficient (Wildman–Crippen LogP) is 15.4. The van der Waals surface area contributed by atoms with E-state index in [1.54, 1.807) is 0 Å². The number of rotatable bonds is 27. The van der Waals surface area contributed by atoms with Gasteiger partial charge >= 0.3 is 5.97 Å². The fourth-order valence-electron chi connectivity index (χ4n) is 7.95. The maximum atomic E-state index is 14.3. The summed E-state index contributed by atoms with van der Waals surface area (Å²) in [5.41, 5.74) is 0.499. The van der Waals surface area contributed by atoms with Crippen LogP contribution in [0.5, 0.6) is 34.5 Å². The summed E-state index contributed by atoms with van der Waals surface area (Å²) in [5.74, 6) is 3.32. The average molecular weight is 829 g/mol. The summed E-state index contributed by atoms with van der Waals surface area (Å²) in [6.45, 7) is 13.8. The Morgan fingerprint density at radius 2 is 0.836 bits per heavy atom. The lowest BCUT2D eigenvalue weighted by atomic mass is 9.92. The first-order chi connectivity index (χ1) is 30.0. The van der Waals surface area contributed by atoms with Crippen LogP contribution in [0.1, 0.15) is 141 Å². The second kappa shape index (κ2) is 23.7. The molecule has 0 atom stereocenters. The van der Waals surface area contributed by atoms with Gasteiger partial charge in [0.2, 0.25) is 0 Å². The molecule has 6 rings (SSSR count). The lowest BCUT2D eigenvalue weighted by Gasteiger charge is -2.21. The summed E-state index contributed by atoms with van der Waals surface area (Å²) in [5, 5.41) is 7.54. The molecule has 0 aliphatic heterocycles. The second-order valence-electron chi connectivity index (χ2n) is 16.2. The molecule has 7 heteroatoms. The SMILES string of the molecule is CCCCCOc1cc2c(cc1OCCCCC)c1ccc(OCCCCC)c(OCCCCC)c1c1cc(OCCCCC)c(OC(=O)c3cccc4ccccc34)cc21. The van der Waals surface area contributed by atoms with E-state index in [1.165, 1.54) is 0 Å². The van der Waals surface area contributed by atoms with Gasteiger partial charge in [0.15, 0.2) is 34.5 Å². The molecule has 0 spiro atoms. The number of esters is 1. The van der Waals surface area contributed by atoms with Gasteiger partial charge in [0.25, 0.3) is 0 Å². The summed E-state index contributed by atoms with van der Waals surface area (Å²) in [6, 6.07) is 26.1. The van der Waals surface area contributed by atoms with Crippen molar-refractivity contribution in [2.75, 3.05) is 33.0 Å². The largest absolute Gasteiger partial charge is 0.490 e. The Bertz CT molecular complexity index is 2310. The lowest BCUT2D eigenvalue weighted by molar-refractivity contribution is 0.0730. The minimum atomic E-state index is -0.440. The first-order valence-electron chi connectivity index (χ1n) is 23.4. The van der Waals surface area contributed by atoms with Crippen LogP contribution in [-0.2, 0) is 0 Å². The van der Waals surface area contributed by atoms with Gasteiger partial charge in [0, 0.05) is 5.39 Å². The van der Waals surface area contributed by atoms with Gasteiger partial charge in [0.1, 0.15) is 0 Å². The van der Waals surface area contributed by atoms with Crippen molar-refractivity contribution in [3.05, 3.63) is 84.4 Å². The Kier molecular flexibility index (Phi) is 17.6. The van der Waals surface area contributed by atoms with Gasteiger partial charge in [0.05, 0.1) is 38.6 Å². The molecule has 0 fully saturated rings. The van der Waals surface area contributed by atoms with E-state index in [9.17, 15) is 4.79 Å². The minimum absolute atomic E-state index is 0.366. The van der Waals surface area contributed by atoms with Crippen molar-refractivity contribution in [3.63, 3.8) is 0 Å². The maximum absolute atomic E-state index is 14.3. The van der Waals surface area contributed by atoms with Crippen LogP contribution in [-0.4, -0.2) is 39.0 Å². The molecular formula is C54H68O7. The molecule has 7 nitrogen and oxygen atoms in total. The summed E-state index contributed by atoms with van der Waals surface area (Å²) < 4.78 is 39.5. The van der Waals surface area contributed by atoms with E-state index in [4.69, 9.17) is 28.4 Å². The molecule has 6 aromatic rings. The van der Waals surface area contributed by atoms with E-state index < -0.39 is 5.97 Å². The van der Waals surface area contributed by atoms with Crippen LogP contribution in [0.3, 0.4) is 0 Å². The third-order valence-electron chi connectivity index (χ3n) is 11.4.